The zero-order chi connectivity index (χ0) is 19.8. The van der Waals surface area contributed by atoms with E-state index in [0.717, 1.165) is 43.4 Å². The van der Waals surface area contributed by atoms with Gasteiger partial charge in [-0.2, -0.15) is 5.26 Å². The van der Waals surface area contributed by atoms with E-state index in [-0.39, 0.29) is 5.91 Å². The molecule has 0 saturated carbocycles. The third kappa shape index (κ3) is 5.05. The van der Waals surface area contributed by atoms with Crippen molar-refractivity contribution < 1.29 is 18.8 Å². The summed E-state index contributed by atoms with van der Waals surface area (Å²) in [5.41, 5.74) is 1.10. The summed E-state index contributed by atoms with van der Waals surface area (Å²) < 4.78 is 10.8. The number of nitrogens with zero attached hydrogens (tertiary/aromatic N) is 3. The van der Waals surface area contributed by atoms with Gasteiger partial charge in [0.05, 0.1) is 64.3 Å². The average molecular weight is 383 g/mol. The second-order valence-corrected chi connectivity index (χ2v) is 6.89. The lowest BCUT2D eigenvalue weighted by Crippen LogP contribution is -3.15. The normalized spacial score (nSPS) is 14.5. The third-order valence-electron chi connectivity index (χ3n) is 5.07. The van der Waals surface area contributed by atoms with Crippen molar-refractivity contribution in [1.82, 2.24) is 4.90 Å². The minimum Gasteiger partial charge on any atom is -0.495 e. The molecule has 28 heavy (non-hydrogen) atoms. The molecule has 1 amide bonds. The van der Waals surface area contributed by atoms with Gasteiger partial charge in [-0.25, -0.2) is 0 Å². The highest BCUT2D eigenvalue weighted by Crippen LogP contribution is 2.27. The van der Waals surface area contributed by atoms with E-state index in [9.17, 15) is 4.79 Å². The number of nitriles is 1. The molecule has 0 unspecified atom stereocenters. The van der Waals surface area contributed by atoms with Crippen LogP contribution in [0.15, 0.2) is 47.1 Å². The van der Waals surface area contributed by atoms with Crippen molar-refractivity contribution in [3.8, 4) is 11.8 Å². The van der Waals surface area contributed by atoms with Gasteiger partial charge in [0.15, 0.2) is 6.54 Å². The van der Waals surface area contributed by atoms with Crippen LogP contribution >= 0.6 is 0 Å². The predicted molar refractivity (Wildman–Crippen MR) is 105 cm³/mol. The number of methoxy groups -OCH3 is 1. The molecule has 1 saturated heterocycles. The molecule has 0 aliphatic carbocycles. The fraction of sp³-hybridized carbons (Fsp3) is 0.429. The van der Waals surface area contributed by atoms with Crippen LogP contribution in [0.2, 0.25) is 0 Å². The number of hydrogen-bond donors (Lipinski definition) is 1. The van der Waals surface area contributed by atoms with Crippen molar-refractivity contribution in [3.05, 3.63) is 48.4 Å². The minimum absolute atomic E-state index is 0.0624. The molecule has 1 aromatic heterocycles. The molecule has 0 radical (unpaired) electrons. The Morgan fingerprint density at radius 1 is 1.29 bits per heavy atom. The Morgan fingerprint density at radius 3 is 2.75 bits per heavy atom. The summed E-state index contributed by atoms with van der Waals surface area (Å²) >= 11 is 0. The van der Waals surface area contributed by atoms with Crippen LogP contribution in [0.3, 0.4) is 0 Å². The number of amides is 1. The summed E-state index contributed by atoms with van der Waals surface area (Å²) in [5.74, 6) is 1.68. The first kappa shape index (κ1) is 19.8. The number of para-hydroxylation sites is 2. The van der Waals surface area contributed by atoms with Gasteiger partial charge in [0.1, 0.15) is 11.5 Å². The first-order valence-electron chi connectivity index (χ1n) is 9.60. The largest absolute Gasteiger partial charge is 0.495 e. The summed E-state index contributed by atoms with van der Waals surface area (Å²) in [6, 6.07) is 13.8. The van der Waals surface area contributed by atoms with Crippen molar-refractivity contribution in [1.29, 1.82) is 5.26 Å². The number of quaternary nitrogens is 1. The fourth-order valence-electron chi connectivity index (χ4n) is 3.52. The molecule has 7 heteroatoms. The van der Waals surface area contributed by atoms with Crippen molar-refractivity contribution in [2.45, 2.75) is 13.0 Å². The standard InChI is InChI=1S/C21H26N4O3/c1-27-20-8-3-2-7-19(20)24-13-11-23(12-14-24)17-21(26)25(10-5-9-22)16-18-6-4-15-28-18/h2-4,6-8,15H,5,10-14,16-17H2,1H3/p+1. The number of furan rings is 1. The van der Waals surface area contributed by atoms with Crippen molar-refractivity contribution in [3.63, 3.8) is 0 Å². The Morgan fingerprint density at radius 2 is 2.07 bits per heavy atom. The first-order valence-corrected chi connectivity index (χ1v) is 9.60. The fourth-order valence-corrected chi connectivity index (χ4v) is 3.52. The maximum atomic E-state index is 12.8. The van der Waals surface area contributed by atoms with Crippen LogP contribution in [-0.4, -0.2) is 57.2 Å². The van der Waals surface area contributed by atoms with E-state index >= 15 is 0 Å². The molecule has 148 valence electrons. The number of hydrogen-bond acceptors (Lipinski definition) is 5. The summed E-state index contributed by atoms with van der Waals surface area (Å²) in [7, 11) is 1.69. The van der Waals surface area contributed by atoms with Gasteiger partial charge in [0.25, 0.3) is 5.91 Å². The predicted octanol–water partition coefficient (Wildman–Crippen LogP) is 0.936. The highest BCUT2D eigenvalue weighted by molar-refractivity contribution is 5.77. The molecule has 1 fully saturated rings. The van der Waals surface area contributed by atoms with Crippen LogP contribution in [0.1, 0.15) is 12.2 Å². The van der Waals surface area contributed by atoms with Gasteiger partial charge in [0.2, 0.25) is 0 Å². The van der Waals surface area contributed by atoms with Gasteiger partial charge in [-0.1, -0.05) is 12.1 Å². The van der Waals surface area contributed by atoms with Crippen molar-refractivity contribution in [2.75, 3.05) is 51.3 Å². The highest BCUT2D eigenvalue weighted by atomic mass is 16.5. The van der Waals surface area contributed by atoms with Crippen LogP contribution in [-0.2, 0) is 11.3 Å². The van der Waals surface area contributed by atoms with Crippen LogP contribution < -0.4 is 14.5 Å². The molecule has 3 rings (SSSR count). The average Bonchev–Trinajstić information content (AvgIpc) is 3.25. The molecule has 2 aromatic rings. The molecule has 1 aromatic carbocycles. The molecule has 1 N–H and O–H groups in total. The number of benzene rings is 1. The number of carbonyl (C=O) groups excluding carboxylic acids is 1. The Bertz CT molecular complexity index is 792. The van der Waals surface area contributed by atoms with Crippen LogP contribution in [0.25, 0.3) is 0 Å². The van der Waals surface area contributed by atoms with Crippen molar-refractivity contribution in [2.24, 2.45) is 0 Å². The van der Waals surface area contributed by atoms with Gasteiger partial charge in [0, 0.05) is 6.54 Å². The van der Waals surface area contributed by atoms with E-state index < -0.39 is 0 Å². The van der Waals surface area contributed by atoms with E-state index in [2.05, 4.69) is 17.0 Å². The van der Waals surface area contributed by atoms with E-state index in [1.807, 2.05) is 30.3 Å². The van der Waals surface area contributed by atoms with Crippen LogP contribution in [0, 0.1) is 11.3 Å². The second-order valence-electron chi connectivity index (χ2n) is 6.89. The molecule has 0 bridgehead atoms. The number of nitrogens with one attached hydrogen (secondary N) is 1. The topological polar surface area (TPSA) is 74.2 Å². The third-order valence-corrected chi connectivity index (χ3v) is 5.07. The van der Waals surface area contributed by atoms with Gasteiger partial charge in [-0.05, 0) is 24.3 Å². The molecule has 0 atom stereocenters. The molecular formula is C21H27N4O3+. The zero-order valence-electron chi connectivity index (χ0n) is 16.3. The lowest BCUT2D eigenvalue weighted by molar-refractivity contribution is -0.892. The molecule has 1 aliphatic rings. The SMILES string of the molecule is COc1ccccc1N1CC[NH+](CC(=O)N(CCC#N)Cc2ccco2)CC1. The van der Waals surface area contributed by atoms with Gasteiger partial charge >= 0.3 is 0 Å². The molecular weight excluding hydrogens is 356 g/mol. The second kappa shape index (κ2) is 9.81. The molecule has 1 aliphatic heterocycles. The van der Waals surface area contributed by atoms with Gasteiger partial charge in [-0.15, -0.1) is 0 Å². The maximum absolute atomic E-state index is 12.8. The van der Waals surface area contributed by atoms with E-state index in [0.29, 0.717) is 26.1 Å². The highest BCUT2D eigenvalue weighted by Gasteiger charge is 2.26. The zero-order valence-corrected chi connectivity index (χ0v) is 16.3. The van der Waals surface area contributed by atoms with Crippen molar-refractivity contribution >= 4 is 11.6 Å². The van der Waals surface area contributed by atoms with E-state index in [1.54, 1.807) is 18.3 Å². The Hall–Kier alpha value is -2.98. The summed E-state index contributed by atoms with van der Waals surface area (Å²) in [6.07, 6.45) is 1.92. The Kier molecular flexibility index (Phi) is 6.93. The first-order chi connectivity index (χ1) is 13.7. The lowest BCUT2D eigenvalue weighted by atomic mass is 10.2. The summed E-state index contributed by atoms with van der Waals surface area (Å²) in [5, 5.41) is 8.89. The van der Waals surface area contributed by atoms with E-state index in [1.165, 1.54) is 4.90 Å². The summed E-state index contributed by atoms with van der Waals surface area (Å²) in [6.45, 7) is 4.79. The van der Waals surface area contributed by atoms with Crippen LogP contribution in [0.4, 0.5) is 5.69 Å². The number of ether oxygens (including phenoxy) is 1. The quantitative estimate of drug-likeness (QED) is 0.734. The number of piperazine rings is 1. The molecule has 7 nitrogen and oxygen atoms in total. The maximum Gasteiger partial charge on any atom is 0.278 e. The van der Waals surface area contributed by atoms with E-state index in [4.69, 9.17) is 14.4 Å². The van der Waals surface area contributed by atoms with Gasteiger partial charge in [-0.3, -0.25) is 4.79 Å². The molecule has 2 heterocycles. The number of carbonyl (C=O) groups is 1. The van der Waals surface area contributed by atoms with Crippen LogP contribution in [0.5, 0.6) is 5.75 Å². The minimum atomic E-state index is 0.0624. The monoisotopic (exact) mass is 383 g/mol. The molecule has 0 spiro atoms. The smallest absolute Gasteiger partial charge is 0.278 e. The number of rotatable bonds is 8. The Balaban J connectivity index is 1.55. The Labute approximate surface area is 165 Å². The van der Waals surface area contributed by atoms with Gasteiger partial charge < -0.3 is 23.9 Å². The summed E-state index contributed by atoms with van der Waals surface area (Å²) in [4.78, 5) is 18.1. The number of anilines is 1. The lowest BCUT2D eigenvalue weighted by Gasteiger charge is -2.34.